The predicted octanol–water partition coefficient (Wildman–Crippen LogP) is 5.46. The lowest BCUT2D eigenvalue weighted by Gasteiger charge is -2.28. The lowest BCUT2D eigenvalue weighted by atomic mass is 9.96. The zero-order valence-electron chi connectivity index (χ0n) is 17.8. The molecule has 0 aliphatic carbocycles. The number of nitrogens with zero attached hydrogens (tertiary/aromatic N) is 3. The Morgan fingerprint density at radius 2 is 1.91 bits per heavy atom. The van der Waals surface area contributed by atoms with Gasteiger partial charge in [0, 0.05) is 23.3 Å². The molecule has 0 radical (unpaired) electrons. The van der Waals surface area contributed by atoms with E-state index in [4.69, 9.17) is 16.6 Å². The van der Waals surface area contributed by atoms with Crippen molar-refractivity contribution in [3.05, 3.63) is 107 Å². The summed E-state index contributed by atoms with van der Waals surface area (Å²) >= 11 is 5.76. The summed E-state index contributed by atoms with van der Waals surface area (Å²) in [6, 6.07) is 18.1. The minimum absolute atomic E-state index is 0.139. The van der Waals surface area contributed by atoms with Gasteiger partial charge in [0.15, 0.2) is 5.11 Å². The Hall–Kier alpha value is -3.45. The van der Waals surface area contributed by atoms with Crippen LogP contribution >= 0.6 is 12.2 Å². The molecule has 1 aliphatic heterocycles. The second kappa shape index (κ2) is 8.24. The second-order valence-corrected chi connectivity index (χ2v) is 8.35. The number of nitrogens with one attached hydrogen (secondary N) is 1. The molecule has 1 aromatic carbocycles. The molecule has 0 bridgehead atoms. The van der Waals surface area contributed by atoms with Crippen molar-refractivity contribution in [2.24, 2.45) is 0 Å². The average molecular weight is 447 g/mol. The molecule has 0 amide bonds. The van der Waals surface area contributed by atoms with Crippen molar-refractivity contribution in [2.75, 3.05) is 4.90 Å². The number of pyridine rings is 1. The minimum atomic E-state index is -0.277. The van der Waals surface area contributed by atoms with Crippen LogP contribution in [-0.2, 0) is 6.54 Å². The highest BCUT2D eigenvalue weighted by molar-refractivity contribution is 7.80. The van der Waals surface area contributed by atoms with Gasteiger partial charge in [0.1, 0.15) is 11.6 Å². The molecule has 0 spiro atoms. The highest BCUT2D eigenvalue weighted by Crippen LogP contribution is 2.43. The number of benzene rings is 1. The zero-order valence-corrected chi connectivity index (χ0v) is 18.6. The quantitative estimate of drug-likeness (QED) is 0.413. The van der Waals surface area contributed by atoms with Crippen LogP contribution in [0.15, 0.2) is 77.5 Å². The zero-order chi connectivity index (χ0) is 22.2. The summed E-state index contributed by atoms with van der Waals surface area (Å²) in [5.74, 6) is 0.622. The van der Waals surface area contributed by atoms with Crippen molar-refractivity contribution < 1.29 is 8.81 Å². The standard InChI is InChI=1S/C25H23FN4OS/c1-16-14-21(17(2)29(16)15-20-6-5-13-31-20)24-23(22-7-3-4-12-27-22)28-25(32)30(24)19-10-8-18(26)9-11-19/h3-14,23-24H,15H2,1-2H3,(H,28,32)/t23-,24-/m0/s1. The monoisotopic (exact) mass is 446 g/mol. The van der Waals surface area contributed by atoms with Gasteiger partial charge in [0.2, 0.25) is 0 Å². The van der Waals surface area contributed by atoms with E-state index in [0.29, 0.717) is 11.7 Å². The van der Waals surface area contributed by atoms with Crippen LogP contribution in [0.1, 0.15) is 40.5 Å². The summed E-state index contributed by atoms with van der Waals surface area (Å²) < 4.78 is 21.5. The van der Waals surface area contributed by atoms with Crippen LogP contribution < -0.4 is 10.2 Å². The van der Waals surface area contributed by atoms with Gasteiger partial charge >= 0.3 is 0 Å². The van der Waals surface area contributed by atoms with E-state index in [-0.39, 0.29) is 17.9 Å². The van der Waals surface area contributed by atoms with E-state index in [9.17, 15) is 4.39 Å². The predicted molar refractivity (Wildman–Crippen MR) is 126 cm³/mol. The fourth-order valence-electron chi connectivity index (χ4n) is 4.48. The molecule has 5 nitrogen and oxygen atoms in total. The molecule has 0 unspecified atom stereocenters. The number of hydrogen-bond acceptors (Lipinski definition) is 3. The van der Waals surface area contributed by atoms with Crippen molar-refractivity contribution >= 4 is 23.0 Å². The van der Waals surface area contributed by atoms with Gasteiger partial charge in [-0.25, -0.2) is 4.39 Å². The van der Waals surface area contributed by atoms with Crippen LogP contribution in [0.4, 0.5) is 10.1 Å². The van der Waals surface area contributed by atoms with Crippen LogP contribution in [0, 0.1) is 19.7 Å². The van der Waals surface area contributed by atoms with E-state index < -0.39 is 0 Å². The van der Waals surface area contributed by atoms with Gasteiger partial charge in [-0.15, -0.1) is 0 Å². The molecule has 1 fully saturated rings. The first kappa shape index (κ1) is 20.5. The molecule has 32 heavy (non-hydrogen) atoms. The van der Waals surface area contributed by atoms with Crippen LogP contribution in [0.2, 0.25) is 0 Å². The molecule has 1 saturated heterocycles. The van der Waals surface area contributed by atoms with E-state index >= 15 is 0 Å². The van der Waals surface area contributed by atoms with Crippen LogP contribution in [0.5, 0.6) is 0 Å². The topological polar surface area (TPSA) is 46.2 Å². The first-order chi connectivity index (χ1) is 15.5. The van der Waals surface area contributed by atoms with E-state index in [2.05, 4.69) is 39.7 Å². The first-order valence-corrected chi connectivity index (χ1v) is 10.9. The molecule has 0 saturated carbocycles. The number of hydrogen-bond donors (Lipinski definition) is 1. The third-order valence-electron chi connectivity index (χ3n) is 6.03. The van der Waals surface area contributed by atoms with Gasteiger partial charge in [-0.2, -0.15) is 0 Å². The number of aryl methyl sites for hydroxylation is 1. The largest absolute Gasteiger partial charge is 0.467 e. The van der Waals surface area contributed by atoms with Crippen molar-refractivity contribution in [3.8, 4) is 0 Å². The molecule has 1 N–H and O–H groups in total. The van der Waals surface area contributed by atoms with E-state index in [1.54, 1.807) is 24.6 Å². The summed E-state index contributed by atoms with van der Waals surface area (Å²) in [4.78, 5) is 6.66. The molecule has 162 valence electrons. The lowest BCUT2D eigenvalue weighted by molar-refractivity contribution is 0.488. The Balaban J connectivity index is 1.62. The molecule has 4 aromatic rings. The third-order valence-corrected chi connectivity index (χ3v) is 6.34. The van der Waals surface area contributed by atoms with E-state index in [1.165, 1.54) is 12.1 Å². The summed E-state index contributed by atoms with van der Waals surface area (Å²) in [7, 11) is 0. The normalized spacial score (nSPS) is 18.2. The summed E-state index contributed by atoms with van der Waals surface area (Å²) in [6.45, 7) is 4.86. The Kier molecular flexibility index (Phi) is 5.27. The Morgan fingerprint density at radius 1 is 1.09 bits per heavy atom. The summed E-state index contributed by atoms with van der Waals surface area (Å²) in [5.41, 5.74) is 5.14. The number of rotatable bonds is 5. The summed E-state index contributed by atoms with van der Waals surface area (Å²) in [6.07, 6.45) is 3.48. The smallest absolute Gasteiger partial charge is 0.174 e. The van der Waals surface area contributed by atoms with Gasteiger partial charge in [-0.05, 0) is 86.2 Å². The van der Waals surface area contributed by atoms with Crippen LogP contribution in [0.25, 0.3) is 0 Å². The molecular weight excluding hydrogens is 423 g/mol. The maximum atomic E-state index is 13.6. The van der Waals surface area contributed by atoms with Crippen LogP contribution in [-0.4, -0.2) is 14.7 Å². The fourth-order valence-corrected chi connectivity index (χ4v) is 4.83. The third kappa shape index (κ3) is 3.58. The maximum Gasteiger partial charge on any atom is 0.174 e. The van der Waals surface area contributed by atoms with E-state index in [1.807, 2.05) is 30.3 Å². The molecular formula is C25H23FN4OS. The Morgan fingerprint density at radius 3 is 2.59 bits per heavy atom. The Labute approximate surface area is 191 Å². The maximum absolute atomic E-state index is 13.6. The van der Waals surface area contributed by atoms with Gasteiger partial charge < -0.3 is 19.2 Å². The number of aromatic nitrogens is 2. The number of anilines is 1. The highest BCUT2D eigenvalue weighted by atomic mass is 32.1. The minimum Gasteiger partial charge on any atom is -0.467 e. The van der Waals surface area contributed by atoms with Crippen molar-refractivity contribution in [3.63, 3.8) is 0 Å². The number of halogens is 1. The van der Waals surface area contributed by atoms with Crippen LogP contribution in [0.3, 0.4) is 0 Å². The average Bonchev–Trinajstić information content (AvgIpc) is 3.50. The number of thiocarbonyl (C=S) groups is 1. The van der Waals surface area contributed by atoms with E-state index in [0.717, 1.165) is 34.1 Å². The fraction of sp³-hybridized carbons (Fsp3) is 0.200. The molecule has 4 heterocycles. The first-order valence-electron chi connectivity index (χ1n) is 10.5. The van der Waals surface area contributed by atoms with Gasteiger partial charge in [0.05, 0.1) is 30.6 Å². The second-order valence-electron chi connectivity index (χ2n) is 7.96. The van der Waals surface area contributed by atoms with Crippen molar-refractivity contribution in [2.45, 2.75) is 32.5 Å². The Bertz CT molecular complexity index is 1240. The van der Waals surface area contributed by atoms with Gasteiger partial charge in [0.25, 0.3) is 0 Å². The molecule has 3 aromatic heterocycles. The van der Waals surface area contributed by atoms with Gasteiger partial charge in [-0.3, -0.25) is 4.98 Å². The molecule has 2 atom stereocenters. The molecule has 5 rings (SSSR count). The van der Waals surface area contributed by atoms with Crippen molar-refractivity contribution in [1.29, 1.82) is 0 Å². The number of furan rings is 1. The van der Waals surface area contributed by atoms with Crippen molar-refractivity contribution in [1.82, 2.24) is 14.9 Å². The molecule has 7 heteroatoms. The van der Waals surface area contributed by atoms with Gasteiger partial charge in [-0.1, -0.05) is 6.07 Å². The lowest BCUT2D eigenvalue weighted by Crippen LogP contribution is -2.29. The highest BCUT2D eigenvalue weighted by Gasteiger charge is 2.42. The SMILES string of the molecule is Cc1cc([C@H]2[C@H](c3ccccn3)NC(=S)N2c2ccc(F)cc2)c(C)n1Cc1ccco1. The summed E-state index contributed by atoms with van der Waals surface area (Å²) in [5, 5.41) is 4.05. The molecule has 1 aliphatic rings.